The van der Waals surface area contributed by atoms with E-state index in [9.17, 15) is 13.2 Å². The second-order valence-corrected chi connectivity index (χ2v) is 39.3. The van der Waals surface area contributed by atoms with Gasteiger partial charge in [-0.15, -0.1) is 0 Å². The molecule has 0 aliphatic carbocycles. The van der Waals surface area contributed by atoms with Crippen LogP contribution in [0.2, 0.25) is 8.97 Å². The molecule has 0 N–H and O–H groups in total. The molecule has 0 fully saturated rings. The molecule has 5 heteroatoms. The fraction of sp³-hybridized carbons (Fsp3) is 1.00. The molecule has 0 saturated heterocycles. The van der Waals surface area contributed by atoms with E-state index in [-0.39, 0.29) is 0 Å². The summed E-state index contributed by atoms with van der Waals surface area (Å²) in [6, 6.07) is 0. The molecule has 0 nitrogen and oxygen atoms in total. The SMILES string of the molecule is [CH3][Pb]([CH3])([I])[C](F)(F)F. The van der Waals surface area contributed by atoms with E-state index in [0.29, 0.717) is 0 Å². The molecule has 0 rings (SSSR count). The molecule has 0 saturated carbocycles. The van der Waals surface area contributed by atoms with Crippen LogP contribution >= 0.6 is 17.8 Å². The van der Waals surface area contributed by atoms with Crippen LogP contribution in [0, 0.1) is 0 Å². The summed E-state index contributed by atoms with van der Waals surface area (Å²) in [5, 5.41) is 0. The molecule has 0 aromatic heterocycles. The van der Waals surface area contributed by atoms with E-state index in [1.165, 1.54) is 8.97 Å². The van der Waals surface area contributed by atoms with Gasteiger partial charge in [0.25, 0.3) is 0 Å². The zero-order valence-electron chi connectivity index (χ0n) is 4.51. The van der Waals surface area contributed by atoms with Crippen molar-refractivity contribution in [2.75, 3.05) is 0 Å². The van der Waals surface area contributed by atoms with Crippen molar-refractivity contribution in [2.24, 2.45) is 0 Å². The van der Waals surface area contributed by atoms with Gasteiger partial charge < -0.3 is 0 Å². The van der Waals surface area contributed by atoms with Gasteiger partial charge in [-0.05, 0) is 0 Å². The van der Waals surface area contributed by atoms with Crippen LogP contribution in [-0.4, -0.2) is 20.6 Å². The number of halogens is 4. The molecule has 0 atom stereocenters. The minimum atomic E-state index is -3.85. The Morgan fingerprint density at radius 1 is 1.25 bits per heavy atom. The first kappa shape index (κ1) is 9.44. The van der Waals surface area contributed by atoms with E-state index in [2.05, 4.69) is 0 Å². The predicted molar refractivity (Wildman–Crippen MR) is 37.6 cm³/mol. The predicted octanol–water partition coefficient (Wildman–Crippen LogP) is 2.73. The number of hydrogen-bond acceptors (Lipinski definition) is 0. The topological polar surface area (TPSA) is 0 Å². The van der Waals surface area contributed by atoms with Gasteiger partial charge in [0.15, 0.2) is 0 Å². The Balaban J connectivity index is 4.02. The van der Waals surface area contributed by atoms with Crippen molar-refractivity contribution in [3.05, 3.63) is 0 Å². The molecule has 0 heterocycles. The Morgan fingerprint density at radius 3 is 1.38 bits per heavy atom. The summed E-state index contributed by atoms with van der Waals surface area (Å²) in [5.74, 6) is 0. The Labute approximate surface area is 59.9 Å². The van der Waals surface area contributed by atoms with E-state index < -0.39 is 20.6 Å². The molecule has 0 radical (unpaired) electrons. The van der Waals surface area contributed by atoms with Crippen molar-refractivity contribution in [3.8, 4) is 0 Å². The molecule has 0 spiro atoms. The van der Waals surface area contributed by atoms with E-state index in [0.717, 1.165) is 0 Å². The Bertz CT molecular complexity index is 69.5. The van der Waals surface area contributed by atoms with E-state index in [4.69, 9.17) is 0 Å². The van der Waals surface area contributed by atoms with Gasteiger partial charge in [-0.2, -0.15) is 0 Å². The third-order valence-electron chi connectivity index (χ3n) is 0.674. The maximum absolute atomic E-state index is 11.7. The van der Waals surface area contributed by atoms with Crippen molar-refractivity contribution in [2.45, 2.75) is 12.7 Å². The van der Waals surface area contributed by atoms with Crippen molar-refractivity contribution < 1.29 is 13.2 Å². The Hall–Kier alpha value is 1.44. The minimum absolute atomic E-state index is 1.35. The van der Waals surface area contributed by atoms with Crippen molar-refractivity contribution >= 4 is 34.6 Å². The fourth-order valence-corrected chi connectivity index (χ4v) is 0. The summed E-state index contributed by atoms with van der Waals surface area (Å²) in [5.41, 5.74) is 0. The van der Waals surface area contributed by atoms with Crippen LogP contribution in [0.25, 0.3) is 0 Å². The van der Waals surface area contributed by atoms with E-state index in [1.807, 2.05) is 0 Å². The monoisotopic (exact) mass is 434 g/mol. The van der Waals surface area contributed by atoms with Gasteiger partial charge in [-0.1, -0.05) is 0 Å². The normalized spacial score (nSPS) is 14.2. The molecule has 0 amide bonds. The van der Waals surface area contributed by atoms with Crippen molar-refractivity contribution in [1.29, 1.82) is 0 Å². The van der Waals surface area contributed by atoms with Crippen LogP contribution in [-0.2, 0) is 0 Å². The molecule has 0 unspecified atom stereocenters. The van der Waals surface area contributed by atoms with Gasteiger partial charge in [-0.25, -0.2) is 0 Å². The molecule has 0 bridgehead atoms. The quantitative estimate of drug-likeness (QED) is 0.407. The first-order valence-corrected chi connectivity index (χ1v) is 22.7. The molecule has 0 aromatic rings. The standard InChI is InChI=1S/CF3.2CH3.HI.Pb/c2-1(3)4;;;;/h;2*1H3;1H;/q;;;;+1/p-1. The van der Waals surface area contributed by atoms with Crippen molar-refractivity contribution in [1.82, 2.24) is 0 Å². The number of hydrogen-bond donors (Lipinski definition) is 0. The van der Waals surface area contributed by atoms with Crippen LogP contribution in [0.4, 0.5) is 13.2 Å². The second-order valence-electron chi connectivity index (χ2n) is 1.97. The van der Waals surface area contributed by atoms with E-state index >= 15 is 0 Å². The van der Waals surface area contributed by atoms with Crippen LogP contribution in [0.1, 0.15) is 0 Å². The molecular weight excluding hydrogens is 427 g/mol. The first-order chi connectivity index (χ1) is 3.25. The Kier molecular flexibility index (Phi) is 3.05. The number of alkyl halides is 3. The third-order valence-corrected chi connectivity index (χ3v) is 11.3. The summed E-state index contributed by atoms with van der Waals surface area (Å²) >= 11 is -2.09. The summed E-state index contributed by atoms with van der Waals surface area (Å²) in [7, 11) is 0. The van der Waals surface area contributed by atoms with E-state index in [1.54, 1.807) is 17.8 Å². The van der Waals surface area contributed by atoms with Gasteiger partial charge in [0.05, 0.1) is 0 Å². The van der Waals surface area contributed by atoms with Crippen LogP contribution in [0.5, 0.6) is 0 Å². The summed E-state index contributed by atoms with van der Waals surface area (Å²) in [6.45, 7) is 0. The van der Waals surface area contributed by atoms with Crippen LogP contribution in [0.15, 0.2) is 0 Å². The van der Waals surface area contributed by atoms with Gasteiger partial charge in [-0.3, -0.25) is 0 Å². The number of rotatable bonds is 0. The van der Waals surface area contributed by atoms with Crippen molar-refractivity contribution in [3.63, 3.8) is 0 Å². The summed E-state index contributed by atoms with van der Waals surface area (Å²) in [6.07, 6.45) is 0. The van der Waals surface area contributed by atoms with Gasteiger partial charge in [0, 0.05) is 0 Å². The molecule has 8 heavy (non-hydrogen) atoms. The zero-order chi connectivity index (χ0) is 7.00. The van der Waals surface area contributed by atoms with Crippen LogP contribution in [0.3, 0.4) is 0 Å². The average molecular weight is 433 g/mol. The summed E-state index contributed by atoms with van der Waals surface area (Å²) < 4.78 is 33.8. The van der Waals surface area contributed by atoms with Gasteiger partial charge in [0.1, 0.15) is 0 Å². The third kappa shape index (κ3) is 2.83. The van der Waals surface area contributed by atoms with Crippen LogP contribution < -0.4 is 0 Å². The molecule has 50 valence electrons. The molecular formula is C3H6F3IPb. The summed E-state index contributed by atoms with van der Waals surface area (Å²) in [4.78, 5) is 0. The molecule has 0 aliphatic rings. The van der Waals surface area contributed by atoms with Gasteiger partial charge in [0.2, 0.25) is 0 Å². The molecule has 0 aliphatic heterocycles. The molecule has 0 aromatic carbocycles. The Morgan fingerprint density at radius 2 is 1.38 bits per heavy atom. The fourth-order valence-electron chi connectivity index (χ4n) is 0. The second kappa shape index (κ2) is 2.59. The zero-order valence-corrected chi connectivity index (χ0v) is 10.6. The first-order valence-electron chi connectivity index (χ1n) is 2.01. The average Bonchev–Trinajstić information content (AvgIpc) is 1.25. The maximum atomic E-state index is 11.7. The van der Waals surface area contributed by atoms with Gasteiger partial charge >= 0.3 is 60.5 Å².